The Morgan fingerprint density at radius 3 is 2.78 bits per heavy atom. The molecule has 0 spiro atoms. The Morgan fingerprint density at radius 2 is 2.17 bits per heavy atom. The molecule has 18 heavy (non-hydrogen) atoms. The van der Waals surface area contributed by atoms with Crippen molar-refractivity contribution >= 4 is 5.91 Å². The van der Waals surface area contributed by atoms with Crippen molar-refractivity contribution < 1.29 is 4.79 Å². The van der Waals surface area contributed by atoms with Crippen LogP contribution >= 0.6 is 0 Å². The van der Waals surface area contributed by atoms with Crippen LogP contribution in [0.15, 0.2) is 12.5 Å². The van der Waals surface area contributed by atoms with E-state index in [9.17, 15) is 4.79 Å². The second-order valence-corrected chi connectivity index (χ2v) is 4.98. The van der Waals surface area contributed by atoms with Gasteiger partial charge in [-0.25, -0.2) is 4.98 Å². The monoisotopic (exact) mass is 250 g/mol. The maximum Gasteiger partial charge on any atom is 0.239 e. The minimum Gasteiger partial charge on any atom is -0.341 e. The molecule has 100 valence electrons. The number of piperidine rings is 1. The van der Waals surface area contributed by atoms with E-state index in [4.69, 9.17) is 0 Å². The number of aromatic nitrogens is 2. The number of carbonyl (C=O) groups excluding carboxylic acids is 1. The summed E-state index contributed by atoms with van der Waals surface area (Å²) in [5, 5.41) is 3.27. The number of aryl methyl sites for hydroxylation is 1. The van der Waals surface area contributed by atoms with Crippen LogP contribution in [-0.4, -0.2) is 39.5 Å². The van der Waals surface area contributed by atoms with Crippen LogP contribution in [-0.2, 0) is 18.4 Å². The second-order valence-electron chi connectivity index (χ2n) is 4.98. The van der Waals surface area contributed by atoms with Crippen molar-refractivity contribution in [2.45, 2.75) is 38.8 Å². The van der Waals surface area contributed by atoms with Gasteiger partial charge in [0.2, 0.25) is 5.91 Å². The van der Waals surface area contributed by atoms with Crippen molar-refractivity contribution in [3.8, 4) is 0 Å². The van der Waals surface area contributed by atoms with E-state index in [1.54, 1.807) is 6.33 Å². The van der Waals surface area contributed by atoms with E-state index in [1.165, 1.54) is 6.42 Å². The van der Waals surface area contributed by atoms with Crippen molar-refractivity contribution in [1.29, 1.82) is 0 Å². The Morgan fingerprint density at radius 1 is 1.44 bits per heavy atom. The molecule has 1 amide bonds. The SMILES string of the molecule is CC(NCc1cncn1C)C(=O)N1CCCCC1. The number of carbonyl (C=O) groups is 1. The van der Waals surface area contributed by atoms with E-state index >= 15 is 0 Å². The average molecular weight is 250 g/mol. The van der Waals surface area contributed by atoms with Crippen LogP contribution < -0.4 is 5.32 Å². The molecule has 1 saturated heterocycles. The number of nitrogens with zero attached hydrogens (tertiary/aromatic N) is 3. The molecule has 1 N–H and O–H groups in total. The van der Waals surface area contributed by atoms with E-state index < -0.39 is 0 Å². The van der Waals surface area contributed by atoms with Gasteiger partial charge in [0.05, 0.1) is 18.1 Å². The van der Waals surface area contributed by atoms with Crippen LogP contribution in [0.1, 0.15) is 31.9 Å². The fourth-order valence-electron chi connectivity index (χ4n) is 2.29. The molecule has 1 aliphatic rings. The predicted molar refractivity (Wildman–Crippen MR) is 69.9 cm³/mol. The first-order chi connectivity index (χ1) is 8.68. The predicted octanol–water partition coefficient (Wildman–Crippen LogP) is 0.911. The van der Waals surface area contributed by atoms with Gasteiger partial charge >= 0.3 is 0 Å². The molecule has 2 heterocycles. The molecule has 0 aliphatic carbocycles. The van der Waals surface area contributed by atoms with Crippen molar-refractivity contribution in [2.24, 2.45) is 7.05 Å². The Hall–Kier alpha value is -1.36. The summed E-state index contributed by atoms with van der Waals surface area (Å²) in [6, 6.07) is -0.127. The zero-order chi connectivity index (χ0) is 13.0. The lowest BCUT2D eigenvalue weighted by molar-refractivity contribution is -0.133. The molecule has 1 aliphatic heterocycles. The maximum absolute atomic E-state index is 12.2. The van der Waals surface area contributed by atoms with Crippen LogP contribution in [0.5, 0.6) is 0 Å². The summed E-state index contributed by atoms with van der Waals surface area (Å²) in [6.45, 7) is 4.44. The van der Waals surface area contributed by atoms with E-state index in [0.717, 1.165) is 31.6 Å². The highest BCUT2D eigenvalue weighted by Crippen LogP contribution is 2.10. The van der Waals surface area contributed by atoms with Gasteiger partial charge in [0.15, 0.2) is 0 Å². The zero-order valence-corrected chi connectivity index (χ0v) is 11.2. The van der Waals surface area contributed by atoms with Crippen LogP contribution in [0.2, 0.25) is 0 Å². The van der Waals surface area contributed by atoms with E-state index in [0.29, 0.717) is 6.54 Å². The normalized spacial score (nSPS) is 17.8. The lowest BCUT2D eigenvalue weighted by Crippen LogP contribution is -2.46. The summed E-state index contributed by atoms with van der Waals surface area (Å²) >= 11 is 0. The quantitative estimate of drug-likeness (QED) is 0.864. The Balaban J connectivity index is 1.82. The van der Waals surface area contributed by atoms with Gasteiger partial charge in [-0.1, -0.05) is 0 Å². The summed E-state index contributed by atoms with van der Waals surface area (Å²) in [7, 11) is 1.96. The van der Waals surface area contributed by atoms with Crippen molar-refractivity contribution in [3.05, 3.63) is 18.2 Å². The first-order valence-electron chi connectivity index (χ1n) is 6.66. The standard InChI is InChI=1S/C13H22N4O/c1-11(13(18)17-6-4-3-5-7-17)15-9-12-8-14-10-16(12)2/h8,10-11,15H,3-7,9H2,1-2H3. The summed E-state index contributed by atoms with van der Waals surface area (Å²) < 4.78 is 1.96. The number of nitrogens with one attached hydrogen (secondary N) is 1. The molecule has 5 nitrogen and oxygen atoms in total. The molecule has 0 bridgehead atoms. The first-order valence-corrected chi connectivity index (χ1v) is 6.66. The molecule has 2 rings (SSSR count). The fraction of sp³-hybridized carbons (Fsp3) is 0.692. The molecule has 0 saturated carbocycles. The van der Waals surface area contributed by atoms with Crippen molar-refractivity contribution in [3.63, 3.8) is 0 Å². The number of hydrogen-bond donors (Lipinski definition) is 1. The van der Waals surface area contributed by atoms with Crippen molar-refractivity contribution in [1.82, 2.24) is 19.8 Å². The Kier molecular flexibility index (Phi) is 4.36. The largest absolute Gasteiger partial charge is 0.341 e. The average Bonchev–Trinajstić information content (AvgIpc) is 2.81. The molecule has 5 heteroatoms. The minimum atomic E-state index is -0.127. The highest BCUT2D eigenvalue weighted by Gasteiger charge is 2.21. The summed E-state index contributed by atoms with van der Waals surface area (Å²) in [4.78, 5) is 18.2. The molecule has 1 aromatic rings. The lowest BCUT2D eigenvalue weighted by atomic mass is 10.1. The first kappa shape index (κ1) is 13.1. The highest BCUT2D eigenvalue weighted by atomic mass is 16.2. The van der Waals surface area contributed by atoms with Gasteiger partial charge in [-0.2, -0.15) is 0 Å². The van der Waals surface area contributed by atoms with Crippen LogP contribution in [0.25, 0.3) is 0 Å². The topological polar surface area (TPSA) is 50.2 Å². The van der Waals surface area contributed by atoms with Gasteiger partial charge < -0.3 is 14.8 Å². The number of rotatable bonds is 4. The molecule has 1 fully saturated rings. The van der Waals surface area contributed by atoms with E-state index in [1.807, 2.05) is 29.6 Å². The molecular formula is C13H22N4O. The van der Waals surface area contributed by atoms with Gasteiger partial charge in [0.25, 0.3) is 0 Å². The highest BCUT2D eigenvalue weighted by molar-refractivity contribution is 5.81. The lowest BCUT2D eigenvalue weighted by Gasteiger charge is -2.29. The maximum atomic E-state index is 12.2. The molecular weight excluding hydrogens is 228 g/mol. The summed E-state index contributed by atoms with van der Waals surface area (Å²) in [5.74, 6) is 0.219. The third kappa shape index (κ3) is 3.10. The van der Waals surface area contributed by atoms with Gasteiger partial charge in [0.1, 0.15) is 0 Å². The third-order valence-electron chi connectivity index (χ3n) is 3.54. The Bertz CT molecular complexity index is 395. The number of amides is 1. The Labute approximate surface area is 108 Å². The van der Waals surface area contributed by atoms with Gasteiger partial charge in [0, 0.05) is 32.9 Å². The summed E-state index contributed by atoms with van der Waals surface area (Å²) in [5.41, 5.74) is 1.09. The van der Waals surface area contributed by atoms with E-state index in [-0.39, 0.29) is 11.9 Å². The number of likely N-dealkylation sites (tertiary alicyclic amines) is 1. The zero-order valence-electron chi connectivity index (χ0n) is 11.2. The van der Waals surface area contributed by atoms with Gasteiger partial charge in [-0.05, 0) is 26.2 Å². The third-order valence-corrected chi connectivity index (χ3v) is 3.54. The van der Waals surface area contributed by atoms with Crippen LogP contribution in [0.3, 0.4) is 0 Å². The smallest absolute Gasteiger partial charge is 0.239 e. The van der Waals surface area contributed by atoms with E-state index in [2.05, 4.69) is 10.3 Å². The second kappa shape index (κ2) is 6.00. The summed E-state index contributed by atoms with van der Waals surface area (Å²) in [6.07, 6.45) is 7.13. The van der Waals surface area contributed by atoms with Crippen LogP contribution in [0, 0.1) is 0 Å². The van der Waals surface area contributed by atoms with Crippen LogP contribution in [0.4, 0.5) is 0 Å². The molecule has 1 aromatic heterocycles. The molecule has 0 radical (unpaired) electrons. The number of imidazole rings is 1. The molecule has 1 atom stereocenters. The fourth-order valence-corrected chi connectivity index (χ4v) is 2.29. The van der Waals surface area contributed by atoms with Gasteiger partial charge in [-0.15, -0.1) is 0 Å². The van der Waals surface area contributed by atoms with Crippen molar-refractivity contribution in [2.75, 3.05) is 13.1 Å². The molecule has 0 aromatic carbocycles. The molecule has 1 unspecified atom stereocenters. The van der Waals surface area contributed by atoms with Gasteiger partial charge in [-0.3, -0.25) is 4.79 Å². The number of hydrogen-bond acceptors (Lipinski definition) is 3. The minimum absolute atomic E-state index is 0.127.